The van der Waals surface area contributed by atoms with Crippen molar-refractivity contribution in [1.82, 2.24) is 0 Å². The van der Waals surface area contributed by atoms with Crippen LogP contribution >= 0.6 is 0 Å². The van der Waals surface area contributed by atoms with Gasteiger partial charge in [-0.15, -0.1) is 0 Å². The standard InChI is InChI=1S/C12H14O2S/c1-9-11(12(9,2)3)15(13,14)10-7-5-4-6-8-10/h4-8H,1-3H3. The molecule has 0 radical (unpaired) electrons. The van der Waals surface area contributed by atoms with Crippen LogP contribution in [-0.4, -0.2) is 8.42 Å². The Morgan fingerprint density at radius 2 is 1.53 bits per heavy atom. The van der Waals surface area contributed by atoms with Gasteiger partial charge in [0.25, 0.3) is 0 Å². The molecule has 0 saturated heterocycles. The molecule has 0 amide bonds. The molecule has 2 rings (SSSR count). The van der Waals surface area contributed by atoms with Crippen LogP contribution < -0.4 is 0 Å². The minimum Gasteiger partial charge on any atom is -0.219 e. The van der Waals surface area contributed by atoms with Crippen molar-refractivity contribution in [3.8, 4) is 0 Å². The molecule has 1 aromatic carbocycles. The van der Waals surface area contributed by atoms with Crippen molar-refractivity contribution >= 4 is 9.84 Å². The summed E-state index contributed by atoms with van der Waals surface area (Å²) in [6.07, 6.45) is 0. The average Bonchev–Trinajstić information content (AvgIpc) is 2.68. The highest BCUT2D eigenvalue weighted by molar-refractivity contribution is 7.95. The molecule has 0 unspecified atom stereocenters. The second-order valence-electron chi connectivity index (χ2n) is 4.40. The van der Waals surface area contributed by atoms with Gasteiger partial charge in [-0.3, -0.25) is 0 Å². The third-order valence-corrected chi connectivity index (χ3v) is 5.35. The fourth-order valence-electron chi connectivity index (χ4n) is 1.87. The highest BCUT2D eigenvalue weighted by Crippen LogP contribution is 2.55. The van der Waals surface area contributed by atoms with E-state index in [-0.39, 0.29) is 5.41 Å². The average molecular weight is 222 g/mol. The lowest BCUT2D eigenvalue weighted by molar-refractivity contribution is 0.594. The highest BCUT2D eigenvalue weighted by atomic mass is 32.2. The normalized spacial score (nSPS) is 19.1. The van der Waals surface area contributed by atoms with Crippen LogP contribution in [-0.2, 0) is 9.84 Å². The van der Waals surface area contributed by atoms with Gasteiger partial charge in [0.05, 0.1) is 9.80 Å². The fourth-order valence-corrected chi connectivity index (χ4v) is 4.05. The van der Waals surface area contributed by atoms with Crippen molar-refractivity contribution in [3.63, 3.8) is 0 Å². The van der Waals surface area contributed by atoms with Crippen LogP contribution in [0.25, 0.3) is 0 Å². The minimum atomic E-state index is -3.24. The van der Waals surface area contributed by atoms with Gasteiger partial charge in [0.15, 0.2) is 0 Å². The Balaban J connectivity index is 2.49. The topological polar surface area (TPSA) is 34.1 Å². The Morgan fingerprint density at radius 3 is 1.93 bits per heavy atom. The number of hydrogen-bond acceptors (Lipinski definition) is 2. The smallest absolute Gasteiger partial charge is 0.203 e. The van der Waals surface area contributed by atoms with Gasteiger partial charge in [-0.1, -0.05) is 32.0 Å². The Kier molecular flexibility index (Phi) is 2.05. The number of allylic oxidation sites excluding steroid dienone is 2. The van der Waals surface area contributed by atoms with Crippen LogP contribution in [0.4, 0.5) is 0 Å². The number of hydrogen-bond donors (Lipinski definition) is 0. The number of rotatable bonds is 2. The first-order valence-electron chi connectivity index (χ1n) is 4.90. The Hall–Kier alpha value is -1.09. The molecular weight excluding hydrogens is 208 g/mol. The van der Waals surface area contributed by atoms with Crippen LogP contribution in [0, 0.1) is 5.41 Å². The molecule has 0 bridgehead atoms. The first-order chi connectivity index (χ1) is 6.88. The van der Waals surface area contributed by atoms with E-state index in [9.17, 15) is 8.42 Å². The van der Waals surface area contributed by atoms with E-state index < -0.39 is 9.84 Å². The SMILES string of the molecule is CC1=C(S(=O)(=O)c2ccccc2)C1(C)C. The van der Waals surface area contributed by atoms with Gasteiger partial charge in [0.2, 0.25) is 9.84 Å². The molecule has 15 heavy (non-hydrogen) atoms. The van der Waals surface area contributed by atoms with Crippen molar-refractivity contribution in [2.45, 2.75) is 25.7 Å². The van der Waals surface area contributed by atoms with Crippen LogP contribution in [0.5, 0.6) is 0 Å². The van der Waals surface area contributed by atoms with Gasteiger partial charge < -0.3 is 0 Å². The van der Waals surface area contributed by atoms with Crippen LogP contribution in [0.1, 0.15) is 20.8 Å². The number of sulfone groups is 1. The molecule has 0 aromatic heterocycles. The molecule has 3 heteroatoms. The van der Waals surface area contributed by atoms with E-state index in [0.717, 1.165) is 5.57 Å². The maximum atomic E-state index is 12.2. The Labute approximate surface area is 90.6 Å². The summed E-state index contributed by atoms with van der Waals surface area (Å²) < 4.78 is 24.3. The van der Waals surface area contributed by atoms with Gasteiger partial charge in [-0.25, -0.2) is 8.42 Å². The lowest BCUT2D eigenvalue weighted by Gasteiger charge is -2.05. The van der Waals surface area contributed by atoms with E-state index in [4.69, 9.17) is 0 Å². The zero-order valence-corrected chi connectivity index (χ0v) is 9.93. The molecule has 1 aromatic rings. The van der Waals surface area contributed by atoms with E-state index in [1.807, 2.05) is 26.8 Å². The monoisotopic (exact) mass is 222 g/mol. The summed E-state index contributed by atoms with van der Waals surface area (Å²) in [7, 11) is -3.24. The summed E-state index contributed by atoms with van der Waals surface area (Å²) >= 11 is 0. The summed E-state index contributed by atoms with van der Waals surface area (Å²) in [6, 6.07) is 8.60. The zero-order valence-electron chi connectivity index (χ0n) is 9.11. The molecule has 1 aliphatic carbocycles. The van der Waals surface area contributed by atoms with Crippen molar-refractivity contribution < 1.29 is 8.42 Å². The second kappa shape index (κ2) is 2.95. The lowest BCUT2D eigenvalue weighted by atomic mass is 10.1. The second-order valence-corrected chi connectivity index (χ2v) is 6.28. The maximum absolute atomic E-state index is 12.2. The van der Waals surface area contributed by atoms with Gasteiger partial charge in [0.1, 0.15) is 0 Å². The molecular formula is C12H14O2S. The first kappa shape index (κ1) is 10.4. The summed E-state index contributed by atoms with van der Waals surface area (Å²) in [5, 5.41) is 0. The predicted octanol–water partition coefficient (Wildman–Crippen LogP) is 2.77. The fraction of sp³-hybridized carbons (Fsp3) is 0.333. The van der Waals surface area contributed by atoms with E-state index in [0.29, 0.717) is 9.80 Å². The quantitative estimate of drug-likeness (QED) is 0.771. The molecule has 80 valence electrons. The largest absolute Gasteiger partial charge is 0.219 e. The number of benzene rings is 1. The van der Waals surface area contributed by atoms with Crippen molar-refractivity contribution in [2.24, 2.45) is 5.41 Å². The molecule has 2 nitrogen and oxygen atoms in total. The first-order valence-corrected chi connectivity index (χ1v) is 6.39. The van der Waals surface area contributed by atoms with Crippen molar-refractivity contribution in [2.75, 3.05) is 0 Å². The third kappa shape index (κ3) is 1.42. The van der Waals surface area contributed by atoms with Crippen molar-refractivity contribution in [1.29, 1.82) is 0 Å². The Bertz CT molecular complexity index is 522. The van der Waals surface area contributed by atoms with E-state index in [2.05, 4.69) is 0 Å². The van der Waals surface area contributed by atoms with E-state index in [1.165, 1.54) is 0 Å². The zero-order chi connectivity index (χ0) is 11.3. The molecule has 0 N–H and O–H groups in total. The summed E-state index contributed by atoms with van der Waals surface area (Å²) in [5.41, 5.74) is 0.737. The summed E-state index contributed by atoms with van der Waals surface area (Å²) in [5.74, 6) is 0. The lowest BCUT2D eigenvalue weighted by Crippen LogP contribution is -2.04. The minimum absolute atomic E-state index is 0.241. The summed E-state index contributed by atoms with van der Waals surface area (Å²) in [6.45, 7) is 5.77. The molecule has 0 fully saturated rings. The van der Waals surface area contributed by atoms with E-state index in [1.54, 1.807) is 24.3 Å². The molecule has 0 atom stereocenters. The highest BCUT2D eigenvalue weighted by Gasteiger charge is 2.49. The van der Waals surface area contributed by atoms with Crippen LogP contribution in [0.15, 0.2) is 45.7 Å². The molecule has 0 spiro atoms. The van der Waals surface area contributed by atoms with Crippen LogP contribution in [0.2, 0.25) is 0 Å². The van der Waals surface area contributed by atoms with Gasteiger partial charge in [-0.2, -0.15) is 0 Å². The van der Waals surface area contributed by atoms with Crippen molar-refractivity contribution in [3.05, 3.63) is 40.8 Å². The van der Waals surface area contributed by atoms with E-state index >= 15 is 0 Å². The molecule has 0 saturated carbocycles. The molecule has 0 aliphatic heterocycles. The molecule has 0 heterocycles. The van der Waals surface area contributed by atoms with Gasteiger partial charge in [-0.05, 0) is 24.6 Å². The van der Waals surface area contributed by atoms with Gasteiger partial charge >= 0.3 is 0 Å². The Morgan fingerprint density at radius 1 is 1.07 bits per heavy atom. The maximum Gasteiger partial charge on any atom is 0.203 e. The van der Waals surface area contributed by atoms with Crippen LogP contribution in [0.3, 0.4) is 0 Å². The molecule has 1 aliphatic rings. The third-order valence-electron chi connectivity index (χ3n) is 3.11. The van der Waals surface area contributed by atoms with Gasteiger partial charge in [0, 0.05) is 5.41 Å². The summed E-state index contributed by atoms with van der Waals surface area (Å²) in [4.78, 5) is 0.978. The predicted molar refractivity (Wildman–Crippen MR) is 60.1 cm³/mol.